The first-order valence-corrected chi connectivity index (χ1v) is 20.5. The molecule has 0 bridgehead atoms. The van der Waals surface area contributed by atoms with Gasteiger partial charge in [-0.25, -0.2) is 4.98 Å². The van der Waals surface area contributed by atoms with E-state index in [0.717, 1.165) is 68.1 Å². The van der Waals surface area contributed by atoms with Crippen molar-refractivity contribution in [3.05, 3.63) is 75.2 Å². The first-order chi connectivity index (χ1) is 28.7. The van der Waals surface area contributed by atoms with Gasteiger partial charge in [-0.3, -0.25) is 43.9 Å². The Bertz CT molecular complexity index is 2470. The van der Waals surface area contributed by atoms with Gasteiger partial charge < -0.3 is 29.7 Å². The zero-order valence-electron chi connectivity index (χ0n) is 33.9. The van der Waals surface area contributed by atoms with Gasteiger partial charge >= 0.3 is 0 Å². The second-order valence-corrected chi connectivity index (χ2v) is 16.6. The molecule has 1 unspecified atom stereocenters. The third-order valence-corrected chi connectivity index (χ3v) is 12.8. The Kier molecular flexibility index (Phi) is 11.0. The molecule has 0 radical (unpaired) electrons. The maximum atomic E-state index is 13.4. The number of imide groups is 2. The minimum atomic E-state index is -0.992. The predicted molar refractivity (Wildman–Crippen MR) is 225 cm³/mol. The maximum Gasteiger partial charge on any atom is 0.293 e. The highest BCUT2D eigenvalue weighted by molar-refractivity contribution is 6.33. The number of carbonyl (C=O) groups excluding carboxylic acids is 5. The van der Waals surface area contributed by atoms with Crippen LogP contribution < -0.4 is 36.0 Å². The Balaban J connectivity index is 0.876. The van der Waals surface area contributed by atoms with E-state index in [2.05, 4.69) is 49.5 Å². The smallest absolute Gasteiger partial charge is 0.293 e. The van der Waals surface area contributed by atoms with Crippen molar-refractivity contribution >= 4 is 75.2 Å². The number of piperazine rings is 1. The molecule has 2 aromatic heterocycles. The summed E-state index contributed by atoms with van der Waals surface area (Å²) >= 11 is 6.58. The van der Waals surface area contributed by atoms with E-state index in [9.17, 15) is 28.8 Å². The Morgan fingerprint density at radius 3 is 2.37 bits per heavy atom. The molecule has 0 aliphatic carbocycles. The summed E-state index contributed by atoms with van der Waals surface area (Å²) in [5, 5.41) is 9.11. The number of anilines is 4. The lowest BCUT2D eigenvalue weighted by Crippen LogP contribution is -2.59. The number of hydrogen-bond donors (Lipinski definition) is 3. The van der Waals surface area contributed by atoms with Crippen molar-refractivity contribution in [2.75, 3.05) is 68.0 Å². The number of amides is 5. The number of nitrogens with zero attached hydrogens (tertiary/aromatic N) is 7. The number of halogens is 1. The standard InChI is InChI=1S/C42H47ClN10O7/c1-42(2,25-11-13-50(14-12-25)27-6-7-28-29(21-27)39(58)53(38(28)57)32-9-10-34(54)47-37(32)56)52-17-15-51(16-18-52)41-45-22-30(43)36(48-41)46-26-5-8-31-24(19-26)20-33(40(59)49(31)4)60-23-35(55)44-3/h5-8,19-22,25,32H,9-18,23H2,1-4H3,(H,44,55)(H,45,46,48)(H,47,54,56). The van der Waals surface area contributed by atoms with Crippen LogP contribution in [-0.2, 0) is 21.4 Å². The van der Waals surface area contributed by atoms with Crippen molar-refractivity contribution in [3.63, 3.8) is 0 Å². The molecule has 4 aliphatic heterocycles. The second kappa shape index (κ2) is 16.2. The fourth-order valence-electron chi connectivity index (χ4n) is 8.83. The molecule has 60 heavy (non-hydrogen) atoms. The summed E-state index contributed by atoms with van der Waals surface area (Å²) in [7, 11) is 3.15. The zero-order chi connectivity index (χ0) is 42.5. The molecule has 3 fully saturated rings. The van der Waals surface area contributed by atoms with Gasteiger partial charge in [-0.05, 0) is 81.5 Å². The first-order valence-electron chi connectivity index (χ1n) is 20.1. The number of aromatic nitrogens is 3. The van der Waals surface area contributed by atoms with Gasteiger partial charge in [-0.15, -0.1) is 0 Å². The molecule has 6 heterocycles. The lowest BCUT2D eigenvalue weighted by Gasteiger charge is -2.50. The number of carbonyl (C=O) groups is 5. The van der Waals surface area contributed by atoms with E-state index in [1.807, 2.05) is 24.3 Å². The third-order valence-electron chi connectivity index (χ3n) is 12.5. The van der Waals surface area contributed by atoms with E-state index in [1.165, 1.54) is 11.6 Å². The molecule has 5 amide bonds. The Hall–Kier alpha value is -6.07. The van der Waals surface area contributed by atoms with Gasteiger partial charge in [0.25, 0.3) is 23.3 Å². The monoisotopic (exact) mass is 838 g/mol. The summed E-state index contributed by atoms with van der Waals surface area (Å²) < 4.78 is 6.99. The molecule has 3 N–H and O–H groups in total. The van der Waals surface area contributed by atoms with Crippen molar-refractivity contribution in [3.8, 4) is 5.75 Å². The summed E-state index contributed by atoms with van der Waals surface area (Å²) in [6, 6.07) is 11.5. The number of pyridine rings is 1. The Morgan fingerprint density at radius 2 is 1.65 bits per heavy atom. The van der Waals surface area contributed by atoms with Crippen LogP contribution in [0.4, 0.5) is 23.1 Å². The van der Waals surface area contributed by atoms with Gasteiger partial charge in [0, 0.05) is 82.1 Å². The maximum absolute atomic E-state index is 13.4. The molecule has 4 aromatic rings. The van der Waals surface area contributed by atoms with Crippen LogP contribution in [0.15, 0.2) is 53.5 Å². The molecule has 18 heteroatoms. The normalized spacial score (nSPS) is 19.1. The number of rotatable bonds is 10. The molecular weight excluding hydrogens is 792 g/mol. The van der Waals surface area contributed by atoms with Crippen LogP contribution in [-0.4, -0.2) is 118 Å². The molecule has 0 spiro atoms. The lowest BCUT2D eigenvalue weighted by molar-refractivity contribution is -0.136. The Morgan fingerprint density at radius 1 is 0.917 bits per heavy atom. The van der Waals surface area contributed by atoms with Gasteiger partial charge in [0.05, 0.1) is 22.8 Å². The summed E-state index contributed by atoms with van der Waals surface area (Å²) in [6.07, 6.45) is 3.69. The molecule has 8 rings (SSSR count). The van der Waals surface area contributed by atoms with E-state index in [0.29, 0.717) is 39.5 Å². The van der Waals surface area contributed by atoms with Crippen molar-refractivity contribution in [1.82, 2.24) is 35.0 Å². The molecule has 314 valence electrons. The van der Waals surface area contributed by atoms with Crippen LogP contribution in [0.5, 0.6) is 5.75 Å². The van der Waals surface area contributed by atoms with E-state index >= 15 is 0 Å². The van der Waals surface area contributed by atoms with Crippen molar-refractivity contribution in [2.24, 2.45) is 13.0 Å². The average Bonchev–Trinajstić information content (AvgIpc) is 3.49. The highest BCUT2D eigenvalue weighted by Crippen LogP contribution is 2.37. The molecular formula is C42H47ClN10O7. The molecule has 2 aromatic carbocycles. The van der Waals surface area contributed by atoms with Gasteiger partial charge in [-0.1, -0.05) is 11.6 Å². The average molecular weight is 839 g/mol. The summed E-state index contributed by atoms with van der Waals surface area (Å²) in [5.41, 5.74) is 2.39. The van der Waals surface area contributed by atoms with Crippen LogP contribution >= 0.6 is 11.6 Å². The van der Waals surface area contributed by atoms with Gasteiger partial charge in [0.1, 0.15) is 11.1 Å². The summed E-state index contributed by atoms with van der Waals surface area (Å²) in [6.45, 7) is 9.03. The lowest BCUT2D eigenvalue weighted by atomic mass is 9.78. The zero-order valence-corrected chi connectivity index (χ0v) is 34.7. The number of likely N-dealkylation sites (N-methyl/N-ethyl adjacent to an activating group) is 1. The minimum Gasteiger partial charge on any atom is -0.478 e. The number of piperidine rings is 2. The number of benzene rings is 2. The van der Waals surface area contributed by atoms with Crippen molar-refractivity contribution < 1.29 is 28.7 Å². The van der Waals surface area contributed by atoms with Gasteiger partial charge in [0.15, 0.2) is 18.2 Å². The van der Waals surface area contributed by atoms with E-state index < -0.39 is 29.7 Å². The molecule has 1 atom stereocenters. The molecule has 3 saturated heterocycles. The fraction of sp³-hybridized carbons (Fsp3) is 0.429. The summed E-state index contributed by atoms with van der Waals surface area (Å²) in [4.78, 5) is 92.7. The molecule has 0 saturated carbocycles. The number of fused-ring (bicyclic) bond motifs is 2. The first kappa shape index (κ1) is 40.7. The van der Waals surface area contributed by atoms with Gasteiger partial charge in [-0.2, -0.15) is 4.98 Å². The second-order valence-electron chi connectivity index (χ2n) is 16.2. The SMILES string of the molecule is CNC(=O)COc1cc2cc(Nc3nc(N4CCN(C(C)(C)C5CCN(c6ccc7c(c6)C(=O)N(C6CCC(=O)NC6=O)C7=O)CC5)CC4)ncc3Cl)ccc2n(C)c1=O. The van der Waals surface area contributed by atoms with Crippen LogP contribution in [0.25, 0.3) is 10.9 Å². The topological polar surface area (TPSA) is 191 Å². The molecule has 4 aliphatic rings. The molecule has 17 nitrogen and oxygen atoms in total. The quantitative estimate of drug-likeness (QED) is 0.198. The van der Waals surface area contributed by atoms with Crippen molar-refractivity contribution in [2.45, 2.75) is 51.1 Å². The highest BCUT2D eigenvalue weighted by Gasteiger charge is 2.45. The Labute approximate surface area is 351 Å². The highest BCUT2D eigenvalue weighted by atomic mass is 35.5. The number of aryl methyl sites for hydroxylation is 1. The van der Waals surface area contributed by atoms with E-state index in [1.54, 1.807) is 31.4 Å². The van der Waals surface area contributed by atoms with Crippen LogP contribution in [0.1, 0.15) is 60.2 Å². The number of ether oxygens (including phenoxy) is 1. The van der Waals surface area contributed by atoms with Crippen LogP contribution in [0.3, 0.4) is 0 Å². The van der Waals surface area contributed by atoms with E-state index in [4.69, 9.17) is 21.3 Å². The number of hydrogen-bond acceptors (Lipinski definition) is 13. The largest absolute Gasteiger partial charge is 0.478 e. The van der Waals surface area contributed by atoms with Gasteiger partial charge in [0.2, 0.25) is 17.8 Å². The van der Waals surface area contributed by atoms with Crippen molar-refractivity contribution in [1.29, 1.82) is 0 Å². The third kappa shape index (κ3) is 7.62. The summed E-state index contributed by atoms with van der Waals surface area (Å²) in [5.74, 6) is -0.868. The number of nitrogens with one attached hydrogen (secondary N) is 3. The van der Waals surface area contributed by atoms with Crippen LogP contribution in [0, 0.1) is 5.92 Å². The van der Waals surface area contributed by atoms with E-state index in [-0.39, 0.29) is 47.8 Å². The minimum absolute atomic E-state index is 0.0667. The predicted octanol–water partition coefficient (Wildman–Crippen LogP) is 3.07. The fourth-order valence-corrected chi connectivity index (χ4v) is 8.96. The van der Waals surface area contributed by atoms with Crippen LogP contribution in [0.2, 0.25) is 5.02 Å².